The molecule has 0 aliphatic carbocycles. The second kappa shape index (κ2) is 7.74. The lowest BCUT2D eigenvalue weighted by atomic mass is 10.2. The number of rotatable bonds is 6. The second-order valence-electron chi connectivity index (χ2n) is 5.51. The Hall–Kier alpha value is -2.67. The highest BCUT2D eigenvalue weighted by Crippen LogP contribution is 2.16. The molecule has 0 radical (unpaired) electrons. The van der Waals surface area contributed by atoms with E-state index in [2.05, 4.69) is 20.7 Å². The summed E-state index contributed by atoms with van der Waals surface area (Å²) in [5.41, 5.74) is 1.89. The van der Waals surface area contributed by atoms with E-state index in [-0.39, 0.29) is 11.9 Å². The van der Waals surface area contributed by atoms with Crippen LogP contribution in [0.2, 0.25) is 0 Å². The zero-order valence-electron chi connectivity index (χ0n) is 13.3. The van der Waals surface area contributed by atoms with Gasteiger partial charge in [-0.05, 0) is 23.8 Å². The van der Waals surface area contributed by atoms with Crippen LogP contribution in [0.15, 0.2) is 54.3 Å². The number of anilines is 1. The minimum Gasteiger partial charge on any atom is -0.337 e. The number of thiazole rings is 1. The van der Waals surface area contributed by atoms with Crippen molar-refractivity contribution in [3.05, 3.63) is 64.9 Å². The van der Waals surface area contributed by atoms with E-state index in [1.54, 1.807) is 23.7 Å². The summed E-state index contributed by atoms with van der Waals surface area (Å²) >= 11 is 1.60. The molecule has 6 nitrogen and oxygen atoms in total. The van der Waals surface area contributed by atoms with Gasteiger partial charge in [-0.3, -0.25) is 4.68 Å². The monoisotopic (exact) mass is 341 g/mol. The highest BCUT2D eigenvalue weighted by molar-refractivity contribution is 7.09. The summed E-state index contributed by atoms with van der Waals surface area (Å²) in [4.78, 5) is 16.2. The van der Waals surface area contributed by atoms with Crippen LogP contribution in [-0.2, 0) is 6.54 Å². The van der Waals surface area contributed by atoms with Crippen LogP contribution in [0.3, 0.4) is 0 Å². The van der Waals surface area contributed by atoms with Gasteiger partial charge in [0, 0.05) is 42.1 Å². The normalized spacial score (nSPS) is 11.9. The molecule has 0 saturated carbocycles. The maximum atomic E-state index is 12.0. The van der Waals surface area contributed by atoms with Gasteiger partial charge in [0.2, 0.25) is 0 Å². The van der Waals surface area contributed by atoms with Crippen molar-refractivity contribution in [2.75, 3.05) is 11.9 Å². The average molecular weight is 341 g/mol. The predicted octanol–water partition coefficient (Wildman–Crippen LogP) is 3.31. The Balaban J connectivity index is 1.47. The van der Waals surface area contributed by atoms with E-state index in [0.29, 0.717) is 13.1 Å². The van der Waals surface area contributed by atoms with Crippen LogP contribution in [0.1, 0.15) is 23.4 Å². The number of benzene rings is 1. The van der Waals surface area contributed by atoms with Crippen LogP contribution in [0.25, 0.3) is 0 Å². The zero-order valence-corrected chi connectivity index (χ0v) is 14.2. The Morgan fingerprint density at radius 1 is 1.29 bits per heavy atom. The van der Waals surface area contributed by atoms with Gasteiger partial charge in [0.05, 0.1) is 11.6 Å². The molecule has 2 amide bonds. The standard InChI is InChI=1S/C17H19N5OS/c1-13(16-18-8-10-24-16)11-19-17(23)21-15-5-3-14(4-6-15)12-22-9-2-7-20-22/h2-10,13H,11-12H2,1H3,(H2,19,21,23)/t13-/m0/s1. The lowest BCUT2D eigenvalue weighted by Gasteiger charge is -2.11. The lowest BCUT2D eigenvalue weighted by molar-refractivity contribution is 0.251. The molecule has 0 bridgehead atoms. The molecule has 0 saturated heterocycles. The second-order valence-corrected chi connectivity index (χ2v) is 6.43. The SMILES string of the molecule is C[C@@H](CNC(=O)Nc1ccc(Cn2cccn2)cc1)c1nccs1. The maximum Gasteiger partial charge on any atom is 0.319 e. The van der Waals surface area contributed by atoms with Crippen LogP contribution >= 0.6 is 11.3 Å². The molecule has 0 fully saturated rings. The van der Waals surface area contributed by atoms with E-state index in [1.807, 2.05) is 53.5 Å². The first-order chi connectivity index (χ1) is 11.7. The van der Waals surface area contributed by atoms with Gasteiger partial charge in [0.15, 0.2) is 0 Å². The number of aromatic nitrogens is 3. The number of nitrogens with zero attached hydrogens (tertiary/aromatic N) is 3. The fourth-order valence-electron chi connectivity index (χ4n) is 2.26. The van der Waals surface area contributed by atoms with Crippen LogP contribution < -0.4 is 10.6 Å². The highest BCUT2D eigenvalue weighted by Gasteiger charge is 2.10. The number of urea groups is 1. The van der Waals surface area contributed by atoms with Gasteiger partial charge in [-0.1, -0.05) is 19.1 Å². The van der Waals surface area contributed by atoms with Crippen molar-refractivity contribution in [3.8, 4) is 0 Å². The molecule has 2 aromatic heterocycles. The molecule has 7 heteroatoms. The largest absolute Gasteiger partial charge is 0.337 e. The van der Waals surface area contributed by atoms with Crippen molar-refractivity contribution >= 4 is 23.1 Å². The molecule has 0 aliphatic rings. The molecular weight excluding hydrogens is 322 g/mol. The van der Waals surface area contributed by atoms with Gasteiger partial charge in [0.25, 0.3) is 0 Å². The predicted molar refractivity (Wildman–Crippen MR) is 95.3 cm³/mol. The number of amides is 2. The third-order valence-electron chi connectivity index (χ3n) is 3.56. The van der Waals surface area contributed by atoms with E-state index >= 15 is 0 Å². The number of carbonyl (C=O) groups excluding carboxylic acids is 1. The Morgan fingerprint density at radius 2 is 2.12 bits per heavy atom. The summed E-state index contributed by atoms with van der Waals surface area (Å²) in [6, 6.07) is 9.43. The molecule has 2 N–H and O–H groups in total. The van der Waals surface area contributed by atoms with Crippen molar-refractivity contribution < 1.29 is 4.79 Å². The number of nitrogens with one attached hydrogen (secondary N) is 2. The minimum absolute atomic E-state index is 0.201. The molecule has 0 unspecified atom stereocenters. The van der Waals surface area contributed by atoms with Crippen LogP contribution in [0.5, 0.6) is 0 Å². The number of carbonyl (C=O) groups is 1. The molecule has 24 heavy (non-hydrogen) atoms. The maximum absolute atomic E-state index is 12.0. The van der Waals surface area contributed by atoms with Gasteiger partial charge in [-0.15, -0.1) is 11.3 Å². The third kappa shape index (κ3) is 4.42. The molecule has 2 heterocycles. The summed E-state index contributed by atoms with van der Waals surface area (Å²) in [6.07, 6.45) is 5.46. The average Bonchev–Trinajstić information content (AvgIpc) is 3.28. The van der Waals surface area contributed by atoms with Crippen molar-refractivity contribution in [1.29, 1.82) is 0 Å². The van der Waals surface area contributed by atoms with Gasteiger partial charge < -0.3 is 10.6 Å². The van der Waals surface area contributed by atoms with Gasteiger partial charge >= 0.3 is 6.03 Å². The van der Waals surface area contributed by atoms with E-state index in [4.69, 9.17) is 0 Å². The summed E-state index contributed by atoms with van der Waals surface area (Å²) in [5.74, 6) is 0.201. The highest BCUT2D eigenvalue weighted by atomic mass is 32.1. The Kier molecular flexibility index (Phi) is 5.22. The molecule has 0 spiro atoms. The Labute approximate surface area is 144 Å². The van der Waals surface area contributed by atoms with Gasteiger partial charge in [0.1, 0.15) is 0 Å². The van der Waals surface area contributed by atoms with Crippen molar-refractivity contribution in [3.63, 3.8) is 0 Å². The Bertz CT molecular complexity index is 753. The van der Waals surface area contributed by atoms with Crippen molar-refractivity contribution in [2.45, 2.75) is 19.4 Å². The van der Waals surface area contributed by atoms with E-state index in [1.165, 1.54) is 0 Å². The zero-order chi connectivity index (χ0) is 16.8. The van der Waals surface area contributed by atoms with Crippen LogP contribution in [0.4, 0.5) is 10.5 Å². The minimum atomic E-state index is -0.210. The van der Waals surface area contributed by atoms with Gasteiger partial charge in [-0.2, -0.15) is 5.10 Å². The summed E-state index contributed by atoms with van der Waals surface area (Å²) in [5, 5.41) is 12.9. The molecule has 1 atom stereocenters. The first-order valence-corrected chi connectivity index (χ1v) is 8.59. The summed E-state index contributed by atoms with van der Waals surface area (Å²) < 4.78 is 1.86. The van der Waals surface area contributed by atoms with E-state index in [9.17, 15) is 4.79 Å². The topological polar surface area (TPSA) is 71.8 Å². The number of hydrogen-bond acceptors (Lipinski definition) is 4. The van der Waals surface area contributed by atoms with Crippen LogP contribution in [-0.4, -0.2) is 27.3 Å². The summed E-state index contributed by atoms with van der Waals surface area (Å²) in [7, 11) is 0. The molecule has 0 aliphatic heterocycles. The first kappa shape index (κ1) is 16.2. The fraction of sp³-hybridized carbons (Fsp3) is 0.235. The smallest absolute Gasteiger partial charge is 0.319 e. The van der Waals surface area contributed by atoms with Crippen molar-refractivity contribution in [2.24, 2.45) is 0 Å². The quantitative estimate of drug-likeness (QED) is 0.722. The third-order valence-corrected chi connectivity index (χ3v) is 4.56. The fourth-order valence-corrected chi connectivity index (χ4v) is 2.96. The van der Waals surface area contributed by atoms with Crippen molar-refractivity contribution in [1.82, 2.24) is 20.1 Å². The first-order valence-electron chi connectivity index (χ1n) is 7.71. The van der Waals surface area contributed by atoms with Gasteiger partial charge in [-0.25, -0.2) is 9.78 Å². The molecule has 3 rings (SSSR count). The lowest BCUT2D eigenvalue weighted by Crippen LogP contribution is -2.31. The van der Waals surface area contributed by atoms with Crippen LogP contribution in [0, 0.1) is 0 Å². The molecule has 124 valence electrons. The summed E-state index contributed by atoms with van der Waals surface area (Å²) in [6.45, 7) is 3.31. The molecule has 1 aromatic carbocycles. The van der Waals surface area contributed by atoms with E-state index in [0.717, 1.165) is 16.3 Å². The van der Waals surface area contributed by atoms with E-state index < -0.39 is 0 Å². The molecule has 3 aromatic rings. The number of hydrogen-bond donors (Lipinski definition) is 2. The Morgan fingerprint density at radius 3 is 2.79 bits per heavy atom. The molecular formula is C17H19N5OS.